The van der Waals surface area contributed by atoms with E-state index < -0.39 is 11.9 Å². The monoisotopic (exact) mass is 209 g/mol. The second-order valence-corrected chi connectivity index (χ2v) is 3.33. The lowest BCUT2D eigenvalue weighted by atomic mass is 10.0. The number of carbonyl (C=O) groups is 1. The van der Waals surface area contributed by atoms with Crippen molar-refractivity contribution in [3.63, 3.8) is 0 Å². The van der Waals surface area contributed by atoms with Gasteiger partial charge in [0.1, 0.15) is 0 Å². The molecule has 2 N–H and O–H groups in total. The Morgan fingerprint density at radius 1 is 1.47 bits per heavy atom. The van der Waals surface area contributed by atoms with Crippen LogP contribution in [0.3, 0.4) is 0 Å². The molecule has 0 aliphatic carbocycles. The number of aliphatic carboxylic acids is 1. The van der Waals surface area contributed by atoms with E-state index in [-0.39, 0.29) is 0 Å². The minimum atomic E-state index is -0.808. The molecule has 1 rings (SSSR count). The third kappa shape index (κ3) is 3.34. The molecular formula is C11H15NO3. The van der Waals surface area contributed by atoms with Gasteiger partial charge in [-0.05, 0) is 18.1 Å². The van der Waals surface area contributed by atoms with E-state index in [1.165, 1.54) is 0 Å². The first kappa shape index (κ1) is 11.7. The second kappa shape index (κ2) is 5.48. The highest BCUT2D eigenvalue weighted by molar-refractivity contribution is 5.75. The third-order valence-corrected chi connectivity index (χ3v) is 2.27. The van der Waals surface area contributed by atoms with Crippen LogP contribution in [-0.2, 0) is 16.2 Å². The Bertz CT molecular complexity index is 321. The lowest BCUT2D eigenvalue weighted by Crippen LogP contribution is -2.11. The van der Waals surface area contributed by atoms with E-state index in [9.17, 15) is 4.79 Å². The Morgan fingerprint density at radius 3 is 2.53 bits per heavy atom. The van der Waals surface area contributed by atoms with Crippen molar-refractivity contribution in [2.24, 2.45) is 0 Å². The summed E-state index contributed by atoms with van der Waals surface area (Å²) < 4.78 is 0. The van der Waals surface area contributed by atoms with E-state index in [0.29, 0.717) is 6.54 Å². The van der Waals surface area contributed by atoms with Gasteiger partial charge in [-0.25, -0.2) is 0 Å². The van der Waals surface area contributed by atoms with Gasteiger partial charge in [0.25, 0.3) is 0 Å². The van der Waals surface area contributed by atoms with Crippen LogP contribution >= 0.6 is 0 Å². The zero-order valence-corrected chi connectivity index (χ0v) is 8.86. The highest BCUT2D eigenvalue weighted by Crippen LogP contribution is 2.15. The molecule has 0 bridgehead atoms. The summed E-state index contributed by atoms with van der Waals surface area (Å²) in [6.45, 7) is 2.28. The van der Waals surface area contributed by atoms with Crippen molar-refractivity contribution in [3.8, 4) is 0 Å². The average Bonchev–Trinajstić information content (AvgIpc) is 2.26. The fourth-order valence-corrected chi connectivity index (χ4v) is 1.22. The summed E-state index contributed by atoms with van der Waals surface area (Å²) in [5, 5.41) is 8.81. The van der Waals surface area contributed by atoms with Gasteiger partial charge in [0, 0.05) is 6.54 Å². The molecule has 1 atom stereocenters. The Morgan fingerprint density at radius 2 is 2.07 bits per heavy atom. The van der Waals surface area contributed by atoms with Gasteiger partial charge in [0.15, 0.2) is 0 Å². The quantitative estimate of drug-likeness (QED) is 0.722. The van der Waals surface area contributed by atoms with Gasteiger partial charge in [-0.3, -0.25) is 4.79 Å². The molecule has 82 valence electrons. The second-order valence-electron chi connectivity index (χ2n) is 3.33. The van der Waals surface area contributed by atoms with Gasteiger partial charge < -0.3 is 9.94 Å². The van der Waals surface area contributed by atoms with Crippen LogP contribution in [0.1, 0.15) is 24.0 Å². The molecule has 4 heteroatoms. The lowest BCUT2D eigenvalue weighted by molar-refractivity contribution is -0.138. The zero-order valence-electron chi connectivity index (χ0n) is 8.86. The lowest BCUT2D eigenvalue weighted by Gasteiger charge is -2.07. The molecule has 0 amide bonds. The van der Waals surface area contributed by atoms with Crippen LogP contribution in [0.15, 0.2) is 24.3 Å². The number of hydroxylamine groups is 1. The Balaban J connectivity index is 2.67. The summed E-state index contributed by atoms with van der Waals surface area (Å²) >= 11 is 0. The van der Waals surface area contributed by atoms with Crippen LogP contribution < -0.4 is 5.48 Å². The molecule has 1 aromatic carbocycles. The minimum absolute atomic E-state index is 0.463. The van der Waals surface area contributed by atoms with Gasteiger partial charge in [-0.1, -0.05) is 24.3 Å². The van der Waals surface area contributed by atoms with Crippen LogP contribution in [0.2, 0.25) is 0 Å². The first-order valence-corrected chi connectivity index (χ1v) is 4.72. The molecule has 0 aromatic heterocycles. The van der Waals surface area contributed by atoms with E-state index in [4.69, 9.17) is 9.94 Å². The summed E-state index contributed by atoms with van der Waals surface area (Å²) in [5.74, 6) is -1.27. The predicted molar refractivity (Wildman–Crippen MR) is 56.3 cm³/mol. The minimum Gasteiger partial charge on any atom is -0.481 e. The topological polar surface area (TPSA) is 58.6 Å². The Kier molecular flexibility index (Phi) is 4.27. The number of nitrogens with one attached hydrogen (secondary N) is 1. The van der Waals surface area contributed by atoms with Crippen molar-refractivity contribution in [1.29, 1.82) is 0 Å². The standard InChI is InChI=1S/C11H15NO3/c1-8(11(13)14)10-5-3-9(4-6-10)7-12-15-2/h3-6,8,12H,7H2,1-2H3,(H,13,14). The molecule has 1 aromatic rings. The summed E-state index contributed by atoms with van der Waals surface area (Å²) in [5.41, 5.74) is 4.58. The Hall–Kier alpha value is -1.39. The van der Waals surface area contributed by atoms with E-state index in [2.05, 4.69) is 5.48 Å². The van der Waals surface area contributed by atoms with Gasteiger partial charge in [0.05, 0.1) is 13.0 Å². The highest BCUT2D eigenvalue weighted by Gasteiger charge is 2.12. The summed E-state index contributed by atoms with van der Waals surface area (Å²) in [7, 11) is 1.56. The van der Waals surface area contributed by atoms with Crippen molar-refractivity contribution in [2.75, 3.05) is 7.11 Å². The van der Waals surface area contributed by atoms with Crippen molar-refractivity contribution < 1.29 is 14.7 Å². The van der Waals surface area contributed by atoms with Crippen molar-refractivity contribution >= 4 is 5.97 Å². The number of hydrogen-bond donors (Lipinski definition) is 2. The van der Waals surface area contributed by atoms with Crippen LogP contribution in [0.4, 0.5) is 0 Å². The molecule has 0 heterocycles. The first-order valence-electron chi connectivity index (χ1n) is 4.72. The Labute approximate surface area is 88.8 Å². The molecule has 0 spiro atoms. The molecule has 0 fully saturated rings. The number of hydrogen-bond acceptors (Lipinski definition) is 3. The molecular weight excluding hydrogens is 194 g/mol. The van der Waals surface area contributed by atoms with Gasteiger partial charge in [-0.15, -0.1) is 0 Å². The number of carboxylic acids is 1. The van der Waals surface area contributed by atoms with Crippen molar-refractivity contribution in [1.82, 2.24) is 5.48 Å². The van der Waals surface area contributed by atoms with Gasteiger partial charge in [-0.2, -0.15) is 5.48 Å². The van der Waals surface area contributed by atoms with Crippen LogP contribution in [0.5, 0.6) is 0 Å². The fourth-order valence-electron chi connectivity index (χ4n) is 1.22. The van der Waals surface area contributed by atoms with Gasteiger partial charge in [0.2, 0.25) is 0 Å². The van der Waals surface area contributed by atoms with E-state index in [1.54, 1.807) is 14.0 Å². The molecule has 0 saturated heterocycles. The first-order chi connectivity index (χ1) is 7.15. The van der Waals surface area contributed by atoms with Crippen LogP contribution in [-0.4, -0.2) is 18.2 Å². The van der Waals surface area contributed by atoms with E-state index in [1.807, 2.05) is 24.3 Å². The predicted octanol–water partition coefficient (Wildman–Crippen LogP) is 1.53. The SMILES string of the molecule is CONCc1ccc(C(C)C(=O)O)cc1. The molecule has 0 radical (unpaired) electrons. The molecule has 0 aliphatic rings. The maximum atomic E-state index is 10.7. The smallest absolute Gasteiger partial charge is 0.310 e. The van der Waals surface area contributed by atoms with Gasteiger partial charge >= 0.3 is 5.97 Å². The van der Waals surface area contributed by atoms with Crippen LogP contribution in [0.25, 0.3) is 0 Å². The molecule has 4 nitrogen and oxygen atoms in total. The zero-order chi connectivity index (χ0) is 11.3. The normalized spacial score (nSPS) is 12.4. The fraction of sp³-hybridized carbons (Fsp3) is 0.364. The van der Waals surface area contributed by atoms with E-state index in [0.717, 1.165) is 11.1 Å². The van der Waals surface area contributed by atoms with E-state index >= 15 is 0 Å². The number of benzene rings is 1. The maximum absolute atomic E-state index is 10.7. The molecule has 0 saturated carbocycles. The number of carboxylic acid groups (broad SMARTS) is 1. The largest absolute Gasteiger partial charge is 0.481 e. The summed E-state index contributed by atoms with van der Waals surface area (Å²) in [6.07, 6.45) is 0. The third-order valence-electron chi connectivity index (χ3n) is 2.27. The van der Waals surface area contributed by atoms with Crippen molar-refractivity contribution in [3.05, 3.63) is 35.4 Å². The van der Waals surface area contributed by atoms with Crippen molar-refractivity contribution in [2.45, 2.75) is 19.4 Å². The number of rotatable bonds is 5. The molecule has 0 aliphatic heterocycles. The molecule has 15 heavy (non-hydrogen) atoms. The summed E-state index contributed by atoms with van der Waals surface area (Å²) in [6, 6.07) is 7.43. The van der Waals surface area contributed by atoms with Crippen LogP contribution in [0, 0.1) is 0 Å². The highest BCUT2D eigenvalue weighted by atomic mass is 16.6. The average molecular weight is 209 g/mol. The maximum Gasteiger partial charge on any atom is 0.310 e. The molecule has 1 unspecified atom stereocenters. The summed E-state index contributed by atoms with van der Waals surface area (Å²) in [4.78, 5) is 15.4.